The maximum absolute atomic E-state index is 12.7. The average molecular weight is 474 g/mol. The molecule has 1 aromatic heterocycles. The summed E-state index contributed by atoms with van der Waals surface area (Å²) in [6.45, 7) is 11.5. The van der Waals surface area contributed by atoms with Gasteiger partial charge in [-0.1, -0.05) is 26.0 Å². The molecular formula is C25H39N5O2S. The lowest BCUT2D eigenvalue weighted by Gasteiger charge is -2.31. The number of carbonyl (C=O) groups is 1. The van der Waals surface area contributed by atoms with Crippen molar-refractivity contribution in [3.8, 4) is 5.75 Å². The van der Waals surface area contributed by atoms with E-state index in [1.165, 1.54) is 11.5 Å². The molecule has 3 rings (SSSR count). The summed E-state index contributed by atoms with van der Waals surface area (Å²) in [5.41, 5.74) is 1.14. The number of nitrogens with zero attached hydrogens (tertiary/aromatic N) is 4. The van der Waals surface area contributed by atoms with Gasteiger partial charge < -0.3 is 19.9 Å². The number of hydrogen-bond acceptors (Lipinski definition) is 7. The van der Waals surface area contributed by atoms with Gasteiger partial charge >= 0.3 is 0 Å². The van der Waals surface area contributed by atoms with Crippen LogP contribution in [0.3, 0.4) is 0 Å². The number of amides is 1. The number of benzene rings is 1. The van der Waals surface area contributed by atoms with E-state index in [4.69, 9.17) is 9.72 Å². The number of carbonyl (C=O) groups excluding carboxylic acids is 1. The first-order chi connectivity index (χ1) is 16.0. The van der Waals surface area contributed by atoms with Gasteiger partial charge in [-0.3, -0.25) is 4.79 Å². The van der Waals surface area contributed by atoms with E-state index in [0.717, 1.165) is 80.7 Å². The maximum atomic E-state index is 12.7. The predicted octanol–water partition coefficient (Wildman–Crippen LogP) is 3.98. The van der Waals surface area contributed by atoms with Gasteiger partial charge in [0.1, 0.15) is 11.6 Å². The number of rotatable bonds is 12. The van der Waals surface area contributed by atoms with Crippen LogP contribution in [0.15, 0.2) is 24.3 Å². The first-order valence-electron chi connectivity index (χ1n) is 12.3. The summed E-state index contributed by atoms with van der Waals surface area (Å²) in [7, 11) is 1.68. The predicted molar refractivity (Wildman–Crippen MR) is 135 cm³/mol. The van der Waals surface area contributed by atoms with Crippen LogP contribution in [0.5, 0.6) is 5.75 Å². The van der Waals surface area contributed by atoms with E-state index in [1.807, 2.05) is 18.2 Å². The van der Waals surface area contributed by atoms with Crippen LogP contribution in [0.4, 0.5) is 5.13 Å². The van der Waals surface area contributed by atoms with Gasteiger partial charge in [0.25, 0.3) is 0 Å². The molecule has 7 nitrogen and oxygen atoms in total. The molecule has 1 fully saturated rings. The van der Waals surface area contributed by atoms with Gasteiger partial charge in [-0.25, -0.2) is 4.98 Å². The molecule has 1 aromatic carbocycles. The SMILES string of the molecule is CCN(CC)CCCC(C)NC(=O)C1CCN(c2nc(Cc3cccc(OC)c3)ns2)CC1. The van der Waals surface area contributed by atoms with Crippen molar-refractivity contribution >= 4 is 22.6 Å². The quantitative estimate of drug-likeness (QED) is 0.503. The maximum Gasteiger partial charge on any atom is 0.223 e. The van der Waals surface area contributed by atoms with E-state index >= 15 is 0 Å². The normalized spacial score (nSPS) is 15.6. The zero-order valence-electron chi connectivity index (χ0n) is 20.5. The Kier molecular flexibility index (Phi) is 9.94. The molecule has 0 bridgehead atoms. The first kappa shape index (κ1) is 25.4. The molecule has 1 N–H and O–H groups in total. The minimum atomic E-state index is 0.0932. The highest BCUT2D eigenvalue weighted by Crippen LogP contribution is 2.26. The number of anilines is 1. The number of hydrogen-bond donors (Lipinski definition) is 1. The number of methoxy groups -OCH3 is 1. The van der Waals surface area contributed by atoms with Crippen LogP contribution >= 0.6 is 11.5 Å². The lowest BCUT2D eigenvalue weighted by Crippen LogP contribution is -2.43. The second-order valence-electron chi connectivity index (χ2n) is 8.86. The molecule has 2 heterocycles. The third kappa shape index (κ3) is 7.67. The Morgan fingerprint density at radius 3 is 2.76 bits per heavy atom. The van der Waals surface area contributed by atoms with Gasteiger partial charge in [-0.15, -0.1) is 0 Å². The molecule has 8 heteroatoms. The summed E-state index contributed by atoms with van der Waals surface area (Å²) in [6, 6.07) is 8.25. The molecule has 1 aliphatic rings. The topological polar surface area (TPSA) is 70.6 Å². The molecule has 0 spiro atoms. The van der Waals surface area contributed by atoms with Crippen LogP contribution in [0, 0.1) is 5.92 Å². The van der Waals surface area contributed by atoms with Crippen LogP contribution in [0.1, 0.15) is 57.8 Å². The van der Waals surface area contributed by atoms with Crippen LogP contribution in [0.25, 0.3) is 0 Å². The van der Waals surface area contributed by atoms with Crippen molar-refractivity contribution in [1.29, 1.82) is 0 Å². The molecule has 1 atom stereocenters. The Bertz CT molecular complexity index is 862. The summed E-state index contributed by atoms with van der Waals surface area (Å²) < 4.78 is 9.86. The summed E-state index contributed by atoms with van der Waals surface area (Å²) in [6.07, 6.45) is 4.57. The molecule has 2 aromatic rings. The molecule has 1 amide bonds. The number of ether oxygens (including phenoxy) is 1. The van der Waals surface area contributed by atoms with Gasteiger partial charge in [0.15, 0.2) is 0 Å². The number of nitrogens with one attached hydrogen (secondary N) is 1. The van der Waals surface area contributed by atoms with Gasteiger partial charge in [0.2, 0.25) is 11.0 Å². The summed E-state index contributed by atoms with van der Waals surface area (Å²) in [5.74, 6) is 1.99. The summed E-state index contributed by atoms with van der Waals surface area (Å²) in [4.78, 5) is 22.2. The van der Waals surface area contributed by atoms with E-state index in [2.05, 4.69) is 46.3 Å². The second kappa shape index (κ2) is 12.9. The van der Waals surface area contributed by atoms with Crippen molar-refractivity contribution in [2.24, 2.45) is 5.92 Å². The van der Waals surface area contributed by atoms with Crippen molar-refractivity contribution in [2.45, 2.75) is 58.9 Å². The standard InChI is InChI=1S/C25H39N5O2S/c1-5-29(6-2)14-8-9-19(3)26-24(31)21-12-15-30(16-13-21)25-27-23(28-33-25)18-20-10-7-11-22(17-20)32-4/h7,10-11,17,19,21H,5-6,8-9,12-16,18H2,1-4H3,(H,26,31). The third-order valence-corrected chi connectivity index (χ3v) is 7.30. The van der Waals surface area contributed by atoms with Crippen molar-refractivity contribution in [3.05, 3.63) is 35.7 Å². The molecule has 0 saturated carbocycles. The van der Waals surface area contributed by atoms with Crippen LogP contribution < -0.4 is 15.0 Å². The average Bonchev–Trinajstić information content (AvgIpc) is 3.30. The van der Waals surface area contributed by atoms with E-state index in [1.54, 1.807) is 7.11 Å². The highest BCUT2D eigenvalue weighted by molar-refractivity contribution is 7.09. The number of aromatic nitrogens is 2. The Morgan fingerprint density at radius 1 is 1.30 bits per heavy atom. The molecule has 1 saturated heterocycles. The molecular weight excluding hydrogens is 434 g/mol. The van der Waals surface area contributed by atoms with E-state index in [-0.39, 0.29) is 17.9 Å². The van der Waals surface area contributed by atoms with E-state index in [0.29, 0.717) is 6.42 Å². The molecule has 33 heavy (non-hydrogen) atoms. The lowest BCUT2D eigenvalue weighted by molar-refractivity contribution is -0.126. The largest absolute Gasteiger partial charge is 0.497 e. The minimum absolute atomic E-state index is 0.0932. The summed E-state index contributed by atoms with van der Waals surface area (Å²) >= 11 is 1.45. The minimum Gasteiger partial charge on any atom is -0.497 e. The Labute approximate surface area is 202 Å². The zero-order chi connectivity index (χ0) is 23.6. The second-order valence-corrected chi connectivity index (χ2v) is 9.59. The van der Waals surface area contributed by atoms with E-state index in [9.17, 15) is 4.79 Å². The van der Waals surface area contributed by atoms with Crippen LogP contribution in [-0.2, 0) is 11.2 Å². The molecule has 182 valence electrons. The van der Waals surface area contributed by atoms with Gasteiger partial charge in [-0.05, 0) is 69.9 Å². The Hall–Kier alpha value is -2.19. The van der Waals surface area contributed by atoms with E-state index < -0.39 is 0 Å². The fraction of sp³-hybridized carbons (Fsp3) is 0.640. The van der Waals surface area contributed by atoms with Crippen molar-refractivity contribution in [2.75, 3.05) is 44.7 Å². The zero-order valence-corrected chi connectivity index (χ0v) is 21.4. The molecule has 1 unspecified atom stereocenters. The fourth-order valence-corrected chi connectivity index (χ4v) is 5.07. The smallest absolute Gasteiger partial charge is 0.223 e. The highest BCUT2D eigenvalue weighted by Gasteiger charge is 2.27. The van der Waals surface area contributed by atoms with Crippen LogP contribution in [-0.4, -0.2) is 66.0 Å². The monoisotopic (exact) mass is 473 g/mol. The molecule has 1 aliphatic heterocycles. The van der Waals surface area contributed by atoms with Crippen LogP contribution in [0.2, 0.25) is 0 Å². The van der Waals surface area contributed by atoms with Gasteiger partial charge in [0, 0.05) is 43.0 Å². The van der Waals surface area contributed by atoms with Crippen molar-refractivity contribution < 1.29 is 9.53 Å². The summed E-state index contributed by atoms with van der Waals surface area (Å²) in [5, 5.41) is 4.20. The third-order valence-electron chi connectivity index (χ3n) is 6.48. The lowest BCUT2D eigenvalue weighted by atomic mass is 9.95. The Morgan fingerprint density at radius 2 is 2.06 bits per heavy atom. The van der Waals surface area contributed by atoms with Crippen molar-refractivity contribution in [3.63, 3.8) is 0 Å². The number of piperidine rings is 1. The van der Waals surface area contributed by atoms with Gasteiger partial charge in [-0.2, -0.15) is 4.37 Å². The Balaban J connectivity index is 1.41. The molecule has 0 radical (unpaired) electrons. The van der Waals surface area contributed by atoms with Crippen molar-refractivity contribution in [1.82, 2.24) is 19.6 Å². The van der Waals surface area contributed by atoms with Gasteiger partial charge in [0.05, 0.1) is 7.11 Å². The first-order valence-corrected chi connectivity index (χ1v) is 13.0. The fourth-order valence-electron chi connectivity index (χ4n) is 4.34. The molecule has 0 aliphatic carbocycles. The highest BCUT2D eigenvalue weighted by atomic mass is 32.1.